The quantitative estimate of drug-likeness (QED) is 0.751. The maximum Gasteiger partial charge on any atom is 0.224 e. The third kappa shape index (κ3) is 6.42. The van der Waals surface area contributed by atoms with Gasteiger partial charge in [0.05, 0.1) is 0 Å². The lowest BCUT2D eigenvalue weighted by Crippen LogP contribution is -2.16. The largest absolute Gasteiger partial charge is 0.486 e. The summed E-state index contributed by atoms with van der Waals surface area (Å²) >= 11 is 9.16. The van der Waals surface area contributed by atoms with Crippen LogP contribution in [0.2, 0.25) is 5.02 Å². The molecule has 0 saturated heterocycles. The lowest BCUT2D eigenvalue weighted by Gasteiger charge is -2.07. The zero-order valence-corrected chi connectivity index (χ0v) is 14.6. The van der Waals surface area contributed by atoms with Crippen LogP contribution in [0.5, 0.6) is 5.75 Å². The molecular formula is C17H15BrClNO3. The number of hydrogen-bond acceptors (Lipinski definition) is 3. The summed E-state index contributed by atoms with van der Waals surface area (Å²) in [6.45, 7) is -0.0495. The van der Waals surface area contributed by atoms with Gasteiger partial charge in [-0.3, -0.25) is 9.59 Å². The molecule has 0 bridgehead atoms. The van der Waals surface area contributed by atoms with Crippen LogP contribution < -0.4 is 10.1 Å². The highest BCUT2D eigenvalue weighted by atomic mass is 79.9. The number of carbonyl (C=O) groups is 2. The van der Waals surface area contributed by atoms with Crippen molar-refractivity contribution < 1.29 is 14.3 Å². The molecule has 0 aromatic heterocycles. The minimum atomic E-state index is -0.232. The van der Waals surface area contributed by atoms with Crippen molar-refractivity contribution >= 4 is 44.9 Å². The number of rotatable bonds is 7. The van der Waals surface area contributed by atoms with Crippen LogP contribution in [0, 0.1) is 0 Å². The summed E-state index contributed by atoms with van der Waals surface area (Å²) < 4.78 is 6.31. The fourth-order valence-corrected chi connectivity index (χ4v) is 2.26. The highest BCUT2D eigenvalue weighted by Gasteiger charge is 2.08. The predicted molar refractivity (Wildman–Crippen MR) is 94.0 cm³/mol. The van der Waals surface area contributed by atoms with Gasteiger partial charge in [0.25, 0.3) is 0 Å². The highest BCUT2D eigenvalue weighted by Crippen LogP contribution is 2.17. The molecule has 0 saturated carbocycles. The molecule has 2 aromatic carbocycles. The lowest BCUT2D eigenvalue weighted by molar-refractivity contribution is -0.124. The summed E-state index contributed by atoms with van der Waals surface area (Å²) in [5.41, 5.74) is 0.612. The number of carbonyl (C=O) groups excluding carboxylic acids is 2. The molecule has 0 fully saturated rings. The molecule has 1 N–H and O–H groups in total. The van der Waals surface area contributed by atoms with Crippen LogP contribution in [-0.4, -0.2) is 18.3 Å². The number of amides is 1. The van der Waals surface area contributed by atoms with Gasteiger partial charge in [-0.15, -0.1) is 0 Å². The first-order valence-electron chi connectivity index (χ1n) is 6.98. The van der Waals surface area contributed by atoms with E-state index in [1.165, 1.54) is 0 Å². The highest BCUT2D eigenvalue weighted by molar-refractivity contribution is 9.10. The molecular weight excluding hydrogens is 382 g/mol. The van der Waals surface area contributed by atoms with Gasteiger partial charge in [-0.05, 0) is 42.5 Å². The molecule has 2 rings (SSSR count). The Morgan fingerprint density at radius 2 is 1.83 bits per heavy atom. The molecule has 0 aliphatic rings. The number of nitrogens with one attached hydrogen (secondary N) is 1. The van der Waals surface area contributed by atoms with Gasteiger partial charge in [-0.2, -0.15) is 0 Å². The first-order valence-corrected chi connectivity index (χ1v) is 8.15. The van der Waals surface area contributed by atoms with E-state index in [2.05, 4.69) is 21.2 Å². The number of anilines is 1. The Balaban J connectivity index is 1.71. The number of ether oxygens (including phenoxy) is 1. The Bertz CT molecular complexity index is 688. The molecule has 0 spiro atoms. The van der Waals surface area contributed by atoms with Crippen molar-refractivity contribution in [3.8, 4) is 5.75 Å². The minimum Gasteiger partial charge on any atom is -0.486 e. The number of ketones is 1. The van der Waals surface area contributed by atoms with Crippen molar-refractivity contribution in [1.82, 2.24) is 0 Å². The van der Waals surface area contributed by atoms with Gasteiger partial charge in [0.1, 0.15) is 12.4 Å². The zero-order valence-electron chi connectivity index (χ0n) is 12.2. The van der Waals surface area contributed by atoms with Gasteiger partial charge >= 0.3 is 0 Å². The summed E-state index contributed by atoms with van der Waals surface area (Å²) in [4.78, 5) is 23.5. The van der Waals surface area contributed by atoms with E-state index in [1.807, 2.05) is 12.1 Å². The molecule has 0 atom stereocenters. The molecule has 0 unspecified atom stereocenters. The van der Waals surface area contributed by atoms with Crippen molar-refractivity contribution in [3.63, 3.8) is 0 Å². The van der Waals surface area contributed by atoms with Gasteiger partial charge in [0.15, 0.2) is 5.78 Å². The van der Waals surface area contributed by atoms with Crippen molar-refractivity contribution in [1.29, 1.82) is 0 Å². The van der Waals surface area contributed by atoms with E-state index < -0.39 is 0 Å². The molecule has 0 heterocycles. The summed E-state index contributed by atoms with van der Waals surface area (Å²) in [7, 11) is 0. The van der Waals surface area contributed by atoms with Crippen LogP contribution in [0.3, 0.4) is 0 Å². The van der Waals surface area contributed by atoms with Crippen LogP contribution in [0.1, 0.15) is 12.8 Å². The van der Waals surface area contributed by atoms with E-state index >= 15 is 0 Å². The molecule has 2 aromatic rings. The second-order valence-electron chi connectivity index (χ2n) is 4.84. The third-order valence-electron chi connectivity index (χ3n) is 2.95. The lowest BCUT2D eigenvalue weighted by atomic mass is 10.2. The Hall–Kier alpha value is -1.85. The molecule has 0 aliphatic heterocycles. The first kappa shape index (κ1) is 17.5. The minimum absolute atomic E-state index is 0.0495. The third-order valence-corrected chi connectivity index (χ3v) is 3.72. The summed E-state index contributed by atoms with van der Waals surface area (Å²) in [6.07, 6.45) is 0.234. The smallest absolute Gasteiger partial charge is 0.224 e. The number of benzene rings is 2. The Kier molecular flexibility index (Phi) is 6.62. The fraction of sp³-hybridized carbons (Fsp3) is 0.176. The van der Waals surface area contributed by atoms with Gasteiger partial charge in [0.2, 0.25) is 5.91 Å². The van der Waals surface area contributed by atoms with Crippen LogP contribution in [0.25, 0.3) is 0 Å². The van der Waals surface area contributed by atoms with E-state index in [0.29, 0.717) is 16.5 Å². The number of hydrogen-bond donors (Lipinski definition) is 1. The fourth-order valence-electron chi connectivity index (χ4n) is 1.81. The standard InChI is InChI=1S/C17H15BrClNO3/c18-12-4-7-16(8-5-12)23-11-15(21)6-9-17(22)20-14-3-1-2-13(19)10-14/h1-5,7-8,10H,6,9,11H2,(H,20,22). The second-order valence-corrected chi connectivity index (χ2v) is 6.19. The van der Waals surface area contributed by atoms with E-state index in [0.717, 1.165) is 4.47 Å². The Labute approximate surface area is 147 Å². The summed E-state index contributed by atoms with van der Waals surface area (Å²) in [5, 5.41) is 3.24. The van der Waals surface area contributed by atoms with E-state index in [4.69, 9.17) is 16.3 Å². The van der Waals surface area contributed by atoms with Crippen molar-refractivity contribution in [2.24, 2.45) is 0 Å². The zero-order chi connectivity index (χ0) is 16.7. The van der Waals surface area contributed by atoms with Crippen LogP contribution in [0.4, 0.5) is 5.69 Å². The average molecular weight is 397 g/mol. The van der Waals surface area contributed by atoms with Crippen LogP contribution in [-0.2, 0) is 9.59 Å². The molecule has 0 aliphatic carbocycles. The van der Waals surface area contributed by atoms with Gasteiger partial charge in [0, 0.05) is 28.0 Å². The van der Waals surface area contributed by atoms with Gasteiger partial charge in [-0.1, -0.05) is 33.6 Å². The summed E-state index contributed by atoms with van der Waals surface area (Å²) in [5.74, 6) is 0.253. The number of halogens is 2. The summed E-state index contributed by atoms with van der Waals surface area (Å²) in [6, 6.07) is 14.1. The predicted octanol–water partition coefficient (Wildman–Crippen LogP) is 4.47. The van der Waals surface area contributed by atoms with E-state index in [-0.39, 0.29) is 31.1 Å². The van der Waals surface area contributed by atoms with Crippen LogP contribution >= 0.6 is 27.5 Å². The molecule has 23 heavy (non-hydrogen) atoms. The maximum atomic E-state index is 11.8. The van der Waals surface area contributed by atoms with Crippen molar-refractivity contribution in [2.45, 2.75) is 12.8 Å². The maximum absolute atomic E-state index is 11.8. The molecule has 6 heteroatoms. The number of Topliss-reactive ketones (excluding diaryl/α,β-unsaturated/α-hetero) is 1. The van der Waals surface area contributed by atoms with Crippen LogP contribution in [0.15, 0.2) is 53.0 Å². The van der Waals surface area contributed by atoms with E-state index in [1.54, 1.807) is 36.4 Å². The Morgan fingerprint density at radius 1 is 1.09 bits per heavy atom. The topological polar surface area (TPSA) is 55.4 Å². The normalized spacial score (nSPS) is 10.2. The average Bonchev–Trinajstić information content (AvgIpc) is 2.52. The van der Waals surface area contributed by atoms with Crippen molar-refractivity contribution in [2.75, 3.05) is 11.9 Å². The molecule has 120 valence electrons. The monoisotopic (exact) mass is 395 g/mol. The molecule has 4 nitrogen and oxygen atoms in total. The van der Waals surface area contributed by atoms with Gasteiger partial charge in [-0.25, -0.2) is 0 Å². The van der Waals surface area contributed by atoms with E-state index in [9.17, 15) is 9.59 Å². The molecule has 1 amide bonds. The SMILES string of the molecule is O=C(CCC(=O)Nc1cccc(Cl)c1)COc1ccc(Br)cc1. The van der Waals surface area contributed by atoms with Gasteiger partial charge < -0.3 is 10.1 Å². The Morgan fingerprint density at radius 3 is 2.52 bits per heavy atom. The molecule has 0 radical (unpaired) electrons. The van der Waals surface area contributed by atoms with Crippen molar-refractivity contribution in [3.05, 3.63) is 58.0 Å². The second kappa shape index (κ2) is 8.70. The first-order chi connectivity index (χ1) is 11.0.